The Morgan fingerprint density at radius 3 is 2.52 bits per heavy atom. The van der Waals surface area contributed by atoms with Crippen LogP contribution < -0.4 is 0 Å². The van der Waals surface area contributed by atoms with Gasteiger partial charge in [0.2, 0.25) is 0 Å². The predicted octanol–water partition coefficient (Wildman–Crippen LogP) is 5.43. The molecule has 0 amide bonds. The number of hydrogen-bond acceptors (Lipinski definition) is 2. The molecule has 0 saturated carbocycles. The minimum absolute atomic E-state index is 0.115. The third-order valence-corrected chi connectivity index (χ3v) is 4.84. The van der Waals surface area contributed by atoms with Gasteiger partial charge < -0.3 is 9.30 Å². The standard InChI is InChI=1S/C22H28N2O/c1-3-10-20(11-4-2)25-22(24-17-16-23-18-24)15-9-8-14-21(22)19-12-6-5-7-13-19/h5-9,12-18,20-21H,3-4,10-11H2,1-2H3. The molecule has 2 aromatic rings. The van der Waals surface area contributed by atoms with Crippen LogP contribution in [0, 0.1) is 0 Å². The first-order chi connectivity index (χ1) is 12.3. The Balaban J connectivity index is 2.03. The molecule has 132 valence electrons. The summed E-state index contributed by atoms with van der Waals surface area (Å²) in [4.78, 5) is 4.29. The largest absolute Gasteiger partial charge is 0.347 e. The Labute approximate surface area is 151 Å². The third kappa shape index (κ3) is 3.77. The zero-order chi connectivity index (χ0) is 17.5. The van der Waals surface area contributed by atoms with E-state index in [0.29, 0.717) is 0 Å². The van der Waals surface area contributed by atoms with E-state index in [1.54, 1.807) is 0 Å². The maximum atomic E-state index is 6.86. The van der Waals surface area contributed by atoms with Crippen molar-refractivity contribution in [2.24, 2.45) is 0 Å². The van der Waals surface area contributed by atoms with Crippen molar-refractivity contribution in [2.45, 2.75) is 57.3 Å². The van der Waals surface area contributed by atoms with Crippen LogP contribution >= 0.6 is 0 Å². The average molecular weight is 336 g/mol. The molecule has 1 aromatic heterocycles. The molecule has 1 aromatic carbocycles. The lowest BCUT2D eigenvalue weighted by atomic mass is 9.84. The van der Waals surface area contributed by atoms with Crippen LogP contribution in [0.25, 0.3) is 0 Å². The molecule has 0 saturated heterocycles. The molecule has 2 unspecified atom stereocenters. The number of allylic oxidation sites excluding steroid dienone is 2. The van der Waals surface area contributed by atoms with Gasteiger partial charge in [-0.05, 0) is 24.5 Å². The summed E-state index contributed by atoms with van der Waals surface area (Å²) in [6.07, 6.45) is 19.0. The van der Waals surface area contributed by atoms with Crippen molar-refractivity contribution in [1.82, 2.24) is 9.55 Å². The second-order valence-electron chi connectivity index (χ2n) is 6.67. The summed E-state index contributed by atoms with van der Waals surface area (Å²) in [7, 11) is 0. The summed E-state index contributed by atoms with van der Waals surface area (Å²) in [5.74, 6) is 0.115. The number of hydrogen-bond donors (Lipinski definition) is 0. The summed E-state index contributed by atoms with van der Waals surface area (Å²) in [6.45, 7) is 4.45. The summed E-state index contributed by atoms with van der Waals surface area (Å²) in [5.41, 5.74) is 0.685. The molecule has 3 nitrogen and oxygen atoms in total. The van der Waals surface area contributed by atoms with Gasteiger partial charge in [0.25, 0.3) is 0 Å². The van der Waals surface area contributed by atoms with Crippen LogP contribution in [0.2, 0.25) is 0 Å². The molecule has 3 heteroatoms. The highest BCUT2D eigenvalue weighted by atomic mass is 16.5. The van der Waals surface area contributed by atoms with Crippen molar-refractivity contribution in [1.29, 1.82) is 0 Å². The summed E-state index contributed by atoms with van der Waals surface area (Å²) >= 11 is 0. The van der Waals surface area contributed by atoms with Crippen LogP contribution in [0.15, 0.2) is 73.4 Å². The van der Waals surface area contributed by atoms with Gasteiger partial charge in [0.05, 0.1) is 18.3 Å². The van der Waals surface area contributed by atoms with Crippen LogP contribution in [0.5, 0.6) is 0 Å². The maximum Gasteiger partial charge on any atom is 0.175 e. The lowest BCUT2D eigenvalue weighted by Gasteiger charge is -2.42. The molecule has 3 rings (SSSR count). The molecule has 0 radical (unpaired) electrons. The monoisotopic (exact) mass is 336 g/mol. The molecule has 25 heavy (non-hydrogen) atoms. The maximum absolute atomic E-state index is 6.86. The topological polar surface area (TPSA) is 27.1 Å². The van der Waals surface area contributed by atoms with E-state index in [4.69, 9.17) is 4.74 Å². The van der Waals surface area contributed by atoms with E-state index in [1.165, 1.54) is 5.56 Å². The normalized spacial score (nSPS) is 22.6. The predicted molar refractivity (Wildman–Crippen MR) is 102 cm³/mol. The van der Waals surface area contributed by atoms with Gasteiger partial charge in [-0.3, -0.25) is 0 Å². The Morgan fingerprint density at radius 1 is 1.12 bits per heavy atom. The molecule has 0 N–H and O–H groups in total. The van der Waals surface area contributed by atoms with E-state index in [9.17, 15) is 0 Å². The van der Waals surface area contributed by atoms with Crippen LogP contribution in [0.4, 0.5) is 0 Å². The quantitative estimate of drug-likeness (QED) is 0.642. The second kappa shape index (κ2) is 8.30. The van der Waals surface area contributed by atoms with Crippen molar-refractivity contribution in [2.75, 3.05) is 0 Å². The van der Waals surface area contributed by atoms with Crippen molar-refractivity contribution < 1.29 is 4.74 Å². The molecule has 2 atom stereocenters. The summed E-state index contributed by atoms with van der Waals surface area (Å²) in [5, 5.41) is 0. The Morgan fingerprint density at radius 2 is 1.88 bits per heavy atom. The minimum atomic E-state index is -0.568. The van der Waals surface area contributed by atoms with E-state index < -0.39 is 5.72 Å². The number of nitrogens with zero attached hydrogens (tertiary/aromatic N) is 2. The molecule has 1 heterocycles. The van der Waals surface area contributed by atoms with Crippen LogP contribution in [0.1, 0.15) is 51.0 Å². The fraction of sp³-hybridized carbons (Fsp3) is 0.409. The number of imidazole rings is 1. The molecule has 0 fully saturated rings. The molecule has 1 aliphatic rings. The SMILES string of the molecule is CCCC(CCC)OC1(n2ccnc2)C=CC=CC1c1ccccc1. The Kier molecular flexibility index (Phi) is 5.87. The van der Waals surface area contributed by atoms with Crippen LogP contribution in [-0.2, 0) is 10.5 Å². The van der Waals surface area contributed by atoms with E-state index in [0.717, 1.165) is 25.7 Å². The van der Waals surface area contributed by atoms with Crippen molar-refractivity contribution in [3.05, 3.63) is 78.9 Å². The van der Waals surface area contributed by atoms with Gasteiger partial charge in [-0.2, -0.15) is 0 Å². The van der Waals surface area contributed by atoms with E-state index in [-0.39, 0.29) is 12.0 Å². The van der Waals surface area contributed by atoms with Crippen molar-refractivity contribution in [3.63, 3.8) is 0 Å². The third-order valence-electron chi connectivity index (χ3n) is 4.84. The average Bonchev–Trinajstić information content (AvgIpc) is 3.19. The van der Waals surface area contributed by atoms with Crippen LogP contribution in [-0.4, -0.2) is 15.7 Å². The fourth-order valence-corrected chi connectivity index (χ4v) is 3.68. The second-order valence-corrected chi connectivity index (χ2v) is 6.67. The number of benzene rings is 1. The van der Waals surface area contributed by atoms with Gasteiger partial charge in [0.15, 0.2) is 5.72 Å². The first-order valence-corrected chi connectivity index (χ1v) is 9.37. The van der Waals surface area contributed by atoms with Crippen molar-refractivity contribution >= 4 is 0 Å². The zero-order valence-corrected chi connectivity index (χ0v) is 15.2. The fourth-order valence-electron chi connectivity index (χ4n) is 3.68. The first-order valence-electron chi connectivity index (χ1n) is 9.37. The molecule has 0 bridgehead atoms. The van der Waals surface area contributed by atoms with Gasteiger partial charge in [0.1, 0.15) is 0 Å². The van der Waals surface area contributed by atoms with Gasteiger partial charge in [0, 0.05) is 12.4 Å². The number of aromatic nitrogens is 2. The molecule has 1 aliphatic carbocycles. The lowest BCUT2D eigenvalue weighted by molar-refractivity contribution is -0.129. The lowest BCUT2D eigenvalue weighted by Crippen LogP contribution is -2.43. The number of ether oxygens (including phenoxy) is 1. The Hall–Kier alpha value is -2.13. The molecular weight excluding hydrogens is 308 g/mol. The Bertz CT molecular complexity index is 684. The molecule has 0 spiro atoms. The van der Waals surface area contributed by atoms with E-state index >= 15 is 0 Å². The van der Waals surface area contributed by atoms with Gasteiger partial charge in [-0.15, -0.1) is 0 Å². The number of rotatable bonds is 8. The van der Waals surface area contributed by atoms with Gasteiger partial charge in [-0.1, -0.05) is 75.2 Å². The molecule has 0 aliphatic heterocycles. The summed E-state index contributed by atoms with van der Waals surface area (Å²) < 4.78 is 8.97. The first kappa shape index (κ1) is 17.7. The van der Waals surface area contributed by atoms with E-state index in [1.807, 2.05) is 18.7 Å². The summed E-state index contributed by atoms with van der Waals surface area (Å²) in [6, 6.07) is 10.6. The van der Waals surface area contributed by atoms with E-state index in [2.05, 4.69) is 78.0 Å². The zero-order valence-electron chi connectivity index (χ0n) is 15.2. The van der Waals surface area contributed by atoms with Crippen LogP contribution in [0.3, 0.4) is 0 Å². The highest BCUT2D eigenvalue weighted by molar-refractivity contribution is 5.34. The van der Waals surface area contributed by atoms with Crippen molar-refractivity contribution in [3.8, 4) is 0 Å². The highest BCUT2D eigenvalue weighted by Crippen LogP contribution is 2.42. The smallest absolute Gasteiger partial charge is 0.175 e. The van der Waals surface area contributed by atoms with Gasteiger partial charge in [-0.25, -0.2) is 4.98 Å². The van der Waals surface area contributed by atoms with Gasteiger partial charge >= 0.3 is 0 Å². The molecular formula is C22H28N2O. The minimum Gasteiger partial charge on any atom is -0.347 e. The highest BCUT2D eigenvalue weighted by Gasteiger charge is 2.41.